The van der Waals surface area contributed by atoms with E-state index >= 15 is 0 Å². The fourth-order valence-electron chi connectivity index (χ4n) is 3.92. The molecule has 7 nitrogen and oxygen atoms in total. The van der Waals surface area contributed by atoms with Gasteiger partial charge < -0.3 is 24.8 Å². The number of methoxy groups -OCH3 is 2. The highest BCUT2D eigenvalue weighted by atomic mass is 35.5. The third-order valence-corrected chi connectivity index (χ3v) is 6.15. The lowest BCUT2D eigenvalue weighted by Crippen LogP contribution is -2.31. The minimum Gasteiger partial charge on any atom is -0.495 e. The van der Waals surface area contributed by atoms with Crippen molar-refractivity contribution in [3.8, 4) is 17.2 Å². The topological polar surface area (TPSA) is 85.9 Å². The number of amides is 2. The fraction of sp³-hybridized carbons (Fsp3) is 0.172. The summed E-state index contributed by atoms with van der Waals surface area (Å²) < 4.78 is 16.5. The second kappa shape index (κ2) is 11.7. The Morgan fingerprint density at radius 1 is 0.838 bits per heavy atom. The molecular formula is C29H27ClN2O5. The lowest BCUT2D eigenvalue weighted by atomic mass is 10.0. The van der Waals surface area contributed by atoms with Crippen molar-refractivity contribution in [3.63, 3.8) is 0 Å². The first kappa shape index (κ1) is 25.9. The monoisotopic (exact) mass is 518 g/mol. The number of hydrogen-bond donors (Lipinski definition) is 2. The van der Waals surface area contributed by atoms with Gasteiger partial charge in [-0.3, -0.25) is 9.59 Å². The summed E-state index contributed by atoms with van der Waals surface area (Å²) >= 11 is 6.27. The van der Waals surface area contributed by atoms with E-state index in [2.05, 4.69) is 10.6 Å². The molecular weight excluding hydrogens is 492 g/mol. The van der Waals surface area contributed by atoms with Crippen LogP contribution in [0.1, 0.15) is 28.9 Å². The van der Waals surface area contributed by atoms with Gasteiger partial charge in [-0.05, 0) is 41.5 Å². The summed E-state index contributed by atoms with van der Waals surface area (Å²) in [5, 5.41) is 7.79. The largest absolute Gasteiger partial charge is 0.495 e. The second-order valence-corrected chi connectivity index (χ2v) is 8.73. The minimum atomic E-state index is -0.446. The zero-order valence-corrected chi connectivity index (χ0v) is 21.5. The number of carbonyl (C=O) groups excluding carboxylic acids is 2. The number of hydrogen-bond acceptors (Lipinski definition) is 5. The number of nitrogens with one attached hydrogen (secondary N) is 2. The molecule has 1 atom stereocenters. The van der Waals surface area contributed by atoms with Gasteiger partial charge >= 0.3 is 0 Å². The van der Waals surface area contributed by atoms with Crippen LogP contribution in [0.4, 0.5) is 5.69 Å². The van der Waals surface area contributed by atoms with Crippen LogP contribution < -0.4 is 24.8 Å². The molecule has 0 aliphatic rings. The molecule has 190 valence electrons. The molecule has 0 heterocycles. The molecule has 2 amide bonds. The van der Waals surface area contributed by atoms with E-state index in [1.165, 1.54) is 14.2 Å². The quantitative estimate of drug-likeness (QED) is 0.283. The van der Waals surface area contributed by atoms with Crippen LogP contribution in [0.5, 0.6) is 17.2 Å². The van der Waals surface area contributed by atoms with Gasteiger partial charge in [0.2, 0.25) is 0 Å². The van der Waals surface area contributed by atoms with Crippen molar-refractivity contribution in [2.75, 3.05) is 26.1 Å². The van der Waals surface area contributed by atoms with Gasteiger partial charge in [0.1, 0.15) is 17.2 Å². The van der Waals surface area contributed by atoms with Crippen LogP contribution in [0.25, 0.3) is 10.8 Å². The Bertz CT molecular complexity index is 1430. The van der Waals surface area contributed by atoms with E-state index in [0.29, 0.717) is 22.2 Å². The number of ether oxygens (including phenoxy) is 3. The highest BCUT2D eigenvalue weighted by molar-refractivity contribution is 6.32. The predicted molar refractivity (Wildman–Crippen MR) is 145 cm³/mol. The van der Waals surface area contributed by atoms with E-state index in [9.17, 15) is 9.59 Å². The molecule has 0 radical (unpaired) electrons. The Kier molecular flexibility index (Phi) is 8.15. The Hall–Kier alpha value is -4.23. The summed E-state index contributed by atoms with van der Waals surface area (Å²) in [5.74, 6) is 0.323. The predicted octanol–water partition coefficient (Wildman–Crippen LogP) is 6.02. The Morgan fingerprint density at radius 3 is 2.16 bits per heavy atom. The lowest BCUT2D eigenvalue weighted by Gasteiger charge is -2.17. The first-order chi connectivity index (χ1) is 17.9. The van der Waals surface area contributed by atoms with Crippen molar-refractivity contribution in [1.82, 2.24) is 5.32 Å². The van der Waals surface area contributed by atoms with E-state index < -0.39 is 5.91 Å². The van der Waals surface area contributed by atoms with Crippen LogP contribution in [-0.4, -0.2) is 32.6 Å². The van der Waals surface area contributed by atoms with Crippen LogP contribution in [0.3, 0.4) is 0 Å². The van der Waals surface area contributed by atoms with E-state index in [1.54, 1.807) is 24.3 Å². The summed E-state index contributed by atoms with van der Waals surface area (Å²) in [6.07, 6.45) is 0. The number of benzene rings is 4. The molecule has 0 aliphatic heterocycles. The molecule has 0 aliphatic carbocycles. The van der Waals surface area contributed by atoms with E-state index in [0.717, 1.165) is 16.3 Å². The smallest absolute Gasteiger partial charge is 0.259 e. The standard InChI is InChI=1S/C29H27ClN2O5/c1-18(19-9-5-4-6-10-19)31-28(33)17-37-25-14-21-12-8-7-11-20(21)13-22(25)29(34)32-24-15-23(30)26(35-2)16-27(24)36-3/h4-16,18H,17H2,1-3H3,(H,31,33)(H,32,34)/t18-/m1/s1. The molecule has 4 rings (SSSR count). The summed E-state index contributed by atoms with van der Waals surface area (Å²) in [5.41, 5.74) is 1.61. The summed E-state index contributed by atoms with van der Waals surface area (Å²) in [6, 6.07) is 23.6. The number of fused-ring (bicyclic) bond motifs is 1. The molecule has 0 aromatic heterocycles. The van der Waals surface area contributed by atoms with Crippen LogP contribution in [0, 0.1) is 0 Å². The molecule has 0 saturated heterocycles. The SMILES string of the molecule is COc1cc(OC)c(NC(=O)c2cc3ccccc3cc2OCC(=O)N[C@H](C)c2ccccc2)cc1Cl. The number of carbonyl (C=O) groups is 2. The van der Waals surface area contributed by atoms with Crippen LogP contribution in [0.15, 0.2) is 78.9 Å². The van der Waals surface area contributed by atoms with Gasteiger partial charge in [-0.15, -0.1) is 0 Å². The maximum absolute atomic E-state index is 13.4. The first-order valence-electron chi connectivity index (χ1n) is 11.6. The van der Waals surface area contributed by atoms with Crippen LogP contribution >= 0.6 is 11.6 Å². The first-order valence-corrected chi connectivity index (χ1v) is 12.0. The Labute approximate surface area is 220 Å². The Balaban J connectivity index is 1.57. The van der Waals surface area contributed by atoms with Crippen molar-refractivity contribution in [2.45, 2.75) is 13.0 Å². The highest BCUT2D eigenvalue weighted by Gasteiger charge is 2.19. The van der Waals surface area contributed by atoms with Crippen molar-refractivity contribution in [3.05, 3.63) is 95.0 Å². The molecule has 4 aromatic carbocycles. The van der Waals surface area contributed by atoms with Crippen molar-refractivity contribution in [2.24, 2.45) is 0 Å². The summed E-state index contributed by atoms with van der Waals surface area (Å²) in [7, 11) is 2.98. The van der Waals surface area contributed by atoms with E-state index in [1.807, 2.05) is 61.5 Å². The van der Waals surface area contributed by atoms with Crippen molar-refractivity contribution in [1.29, 1.82) is 0 Å². The van der Waals surface area contributed by atoms with Crippen LogP contribution in [-0.2, 0) is 4.79 Å². The van der Waals surface area contributed by atoms with Gasteiger partial charge in [0, 0.05) is 6.07 Å². The summed E-state index contributed by atoms with van der Waals surface area (Å²) in [6.45, 7) is 1.64. The van der Waals surface area contributed by atoms with Gasteiger partial charge in [-0.1, -0.05) is 66.2 Å². The number of anilines is 1. The van der Waals surface area contributed by atoms with Gasteiger partial charge in [0.25, 0.3) is 11.8 Å². The molecule has 0 fully saturated rings. The number of halogens is 1. The fourth-order valence-corrected chi connectivity index (χ4v) is 4.16. The third-order valence-electron chi connectivity index (χ3n) is 5.85. The summed E-state index contributed by atoms with van der Waals surface area (Å²) in [4.78, 5) is 26.0. The lowest BCUT2D eigenvalue weighted by molar-refractivity contribution is -0.123. The maximum atomic E-state index is 13.4. The minimum absolute atomic E-state index is 0.191. The number of rotatable bonds is 9. The molecule has 0 saturated carbocycles. The van der Waals surface area contributed by atoms with Gasteiger partial charge in [0.05, 0.1) is 36.5 Å². The Morgan fingerprint density at radius 2 is 1.49 bits per heavy atom. The zero-order valence-electron chi connectivity index (χ0n) is 20.7. The van der Waals surface area contributed by atoms with Crippen LogP contribution in [0.2, 0.25) is 5.02 Å². The third kappa shape index (κ3) is 6.13. The maximum Gasteiger partial charge on any atom is 0.259 e. The molecule has 4 aromatic rings. The molecule has 0 spiro atoms. The van der Waals surface area contributed by atoms with Gasteiger partial charge in [-0.2, -0.15) is 0 Å². The van der Waals surface area contributed by atoms with Crippen molar-refractivity contribution < 1.29 is 23.8 Å². The average molecular weight is 519 g/mol. The molecule has 37 heavy (non-hydrogen) atoms. The van der Waals surface area contributed by atoms with Crippen molar-refractivity contribution >= 4 is 39.9 Å². The molecule has 2 N–H and O–H groups in total. The average Bonchev–Trinajstić information content (AvgIpc) is 2.92. The van der Waals surface area contributed by atoms with Gasteiger partial charge in [0.15, 0.2) is 6.61 Å². The second-order valence-electron chi connectivity index (χ2n) is 8.33. The molecule has 0 unspecified atom stereocenters. The zero-order chi connectivity index (χ0) is 26.4. The van der Waals surface area contributed by atoms with E-state index in [4.69, 9.17) is 25.8 Å². The molecule has 8 heteroatoms. The normalized spacial score (nSPS) is 11.5. The molecule has 0 bridgehead atoms. The highest BCUT2D eigenvalue weighted by Crippen LogP contribution is 2.36. The van der Waals surface area contributed by atoms with E-state index in [-0.39, 0.29) is 29.9 Å². The van der Waals surface area contributed by atoms with Gasteiger partial charge in [-0.25, -0.2) is 0 Å².